The Morgan fingerprint density at radius 3 is 2.63 bits per heavy atom. The number of carbonyl (C=O) groups is 1. The SMILES string of the molecule is CN(C)c1ncccc1C(=O)NCCCC(C)(C)C. The van der Waals surface area contributed by atoms with E-state index in [0.717, 1.165) is 12.8 Å². The van der Waals surface area contributed by atoms with Crippen LogP contribution >= 0.6 is 0 Å². The van der Waals surface area contributed by atoms with E-state index in [1.807, 2.05) is 19.0 Å². The molecule has 4 nitrogen and oxygen atoms in total. The first kappa shape index (κ1) is 15.5. The molecule has 0 aliphatic carbocycles. The van der Waals surface area contributed by atoms with Gasteiger partial charge in [-0.3, -0.25) is 4.79 Å². The van der Waals surface area contributed by atoms with Crippen molar-refractivity contribution < 1.29 is 4.79 Å². The fourth-order valence-corrected chi connectivity index (χ4v) is 1.85. The number of nitrogens with zero attached hydrogens (tertiary/aromatic N) is 2. The number of hydrogen-bond donors (Lipinski definition) is 1. The predicted molar refractivity (Wildman–Crippen MR) is 79.6 cm³/mol. The van der Waals surface area contributed by atoms with Crippen LogP contribution in [0.25, 0.3) is 0 Å². The number of carbonyl (C=O) groups excluding carboxylic acids is 1. The van der Waals surface area contributed by atoms with Crippen molar-refractivity contribution in [3.63, 3.8) is 0 Å². The fourth-order valence-electron chi connectivity index (χ4n) is 1.85. The molecule has 0 radical (unpaired) electrons. The minimum absolute atomic E-state index is 0.0503. The zero-order valence-corrected chi connectivity index (χ0v) is 12.7. The van der Waals surface area contributed by atoms with Gasteiger partial charge in [0.25, 0.3) is 5.91 Å². The molecule has 19 heavy (non-hydrogen) atoms. The first-order valence-corrected chi connectivity index (χ1v) is 6.72. The molecular weight excluding hydrogens is 238 g/mol. The summed E-state index contributed by atoms with van der Waals surface area (Å²) in [7, 11) is 3.78. The molecule has 0 saturated heterocycles. The van der Waals surface area contributed by atoms with Crippen molar-refractivity contribution in [3.8, 4) is 0 Å². The predicted octanol–water partition coefficient (Wildman–Crippen LogP) is 2.70. The summed E-state index contributed by atoms with van der Waals surface area (Å²) in [5, 5.41) is 2.96. The minimum atomic E-state index is -0.0503. The summed E-state index contributed by atoms with van der Waals surface area (Å²) in [6.45, 7) is 7.33. The number of anilines is 1. The van der Waals surface area contributed by atoms with E-state index in [2.05, 4.69) is 31.1 Å². The van der Waals surface area contributed by atoms with Crippen LogP contribution in [0.2, 0.25) is 0 Å². The monoisotopic (exact) mass is 263 g/mol. The van der Waals surface area contributed by atoms with Crippen molar-refractivity contribution in [1.82, 2.24) is 10.3 Å². The molecule has 0 fully saturated rings. The van der Waals surface area contributed by atoms with Gasteiger partial charge >= 0.3 is 0 Å². The van der Waals surface area contributed by atoms with Gasteiger partial charge in [-0.15, -0.1) is 0 Å². The van der Waals surface area contributed by atoms with Crippen molar-refractivity contribution in [1.29, 1.82) is 0 Å². The van der Waals surface area contributed by atoms with E-state index >= 15 is 0 Å². The van der Waals surface area contributed by atoms with E-state index < -0.39 is 0 Å². The summed E-state index contributed by atoms with van der Waals surface area (Å²) < 4.78 is 0. The highest BCUT2D eigenvalue weighted by Gasteiger charge is 2.14. The summed E-state index contributed by atoms with van der Waals surface area (Å²) in [4.78, 5) is 18.2. The van der Waals surface area contributed by atoms with Crippen LogP contribution in [0.4, 0.5) is 5.82 Å². The largest absolute Gasteiger partial charge is 0.362 e. The number of hydrogen-bond acceptors (Lipinski definition) is 3. The molecule has 1 amide bonds. The lowest BCUT2D eigenvalue weighted by Gasteiger charge is -2.18. The third-order valence-corrected chi connectivity index (χ3v) is 2.84. The Morgan fingerprint density at radius 2 is 2.05 bits per heavy atom. The number of nitrogens with one attached hydrogen (secondary N) is 1. The average molecular weight is 263 g/mol. The molecular formula is C15H25N3O. The average Bonchev–Trinajstić information content (AvgIpc) is 2.33. The fraction of sp³-hybridized carbons (Fsp3) is 0.600. The molecule has 1 N–H and O–H groups in total. The van der Waals surface area contributed by atoms with Gasteiger partial charge < -0.3 is 10.2 Å². The Morgan fingerprint density at radius 1 is 1.37 bits per heavy atom. The van der Waals surface area contributed by atoms with Crippen LogP contribution in [0.5, 0.6) is 0 Å². The Balaban J connectivity index is 2.55. The second-order valence-corrected chi connectivity index (χ2v) is 6.19. The van der Waals surface area contributed by atoms with Crippen molar-refractivity contribution >= 4 is 11.7 Å². The van der Waals surface area contributed by atoms with Crippen LogP contribution in [-0.2, 0) is 0 Å². The van der Waals surface area contributed by atoms with E-state index in [1.165, 1.54) is 0 Å². The van der Waals surface area contributed by atoms with Crippen LogP contribution < -0.4 is 10.2 Å². The summed E-state index contributed by atoms with van der Waals surface area (Å²) in [6.07, 6.45) is 3.79. The molecule has 1 aromatic rings. The quantitative estimate of drug-likeness (QED) is 0.831. The molecule has 0 aromatic carbocycles. The molecule has 0 unspecified atom stereocenters. The molecule has 106 valence electrons. The zero-order chi connectivity index (χ0) is 14.5. The summed E-state index contributed by atoms with van der Waals surface area (Å²) >= 11 is 0. The Hall–Kier alpha value is -1.58. The van der Waals surface area contributed by atoms with Crippen molar-refractivity contribution in [2.75, 3.05) is 25.5 Å². The van der Waals surface area contributed by atoms with Gasteiger partial charge in [-0.1, -0.05) is 20.8 Å². The van der Waals surface area contributed by atoms with Gasteiger partial charge in [0.2, 0.25) is 0 Å². The van der Waals surface area contributed by atoms with Crippen LogP contribution in [0, 0.1) is 5.41 Å². The van der Waals surface area contributed by atoms with Crippen LogP contribution in [-0.4, -0.2) is 31.5 Å². The third-order valence-electron chi connectivity index (χ3n) is 2.84. The standard InChI is InChI=1S/C15H25N3O/c1-15(2,3)9-7-11-17-14(19)12-8-6-10-16-13(12)18(4)5/h6,8,10H,7,9,11H2,1-5H3,(H,17,19). The maximum absolute atomic E-state index is 12.1. The van der Waals surface area contributed by atoms with E-state index in [9.17, 15) is 4.79 Å². The van der Waals surface area contributed by atoms with Gasteiger partial charge in [0, 0.05) is 26.8 Å². The molecule has 0 saturated carbocycles. The Labute approximate surface area is 116 Å². The van der Waals surface area contributed by atoms with E-state index in [0.29, 0.717) is 23.3 Å². The van der Waals surface area contributed by atoms with E-state index in [4.69, 9.17) is 0 Å². The lowest BCUT2D eigenvalue weighted by atomic mass is 9.91. The normalized spacial score (nSPS) is 11.2. The smallest absolute Gasteiger partial charge is 0.255 e. The third kappa shape index (κ3) is 5.28. The Bertz CT molecular complexity index is 422. The molecule has 0 aliphatic heterocycles. The minimum Gasteiger partial charge on any atom is -0.362 e. The van der Waals surface area contributed by atoms with Gasteiger partial charge in [0.15, 0.2) is 0 Å². The van der Waals surface area contributed by atoms with Gasteiger partial charge in [-0.2, -0.15) is 0 Å². The second-order valence-electron chi connectivity index (χ2n) is 6.19. The van der Waals surface area contributed by atoms with E-state index in [1.54, 1.807) is 18.3 Å². The summed E-state index contributed by atoms with van der Waals surface area (Å²) in [6, 6.07) is 3.60. The summed E-state index contributed by atoms with van der Waals surface area (Å²) in [5.74, 6) is 0.654. The van der Waals surface area contributed by atoms with Crippen LogP contribution in [0.15, 0.2) is 18.3 Å². The first-order valence-electron chi connectivity index (χ1n) is 6.72. The van der Waals surface area contributed by atoms with Crippen molar-refractivity contribution in [2.45, 2.75) is 33.6 Å². The van der Waals surface area contributed by atoms with Gasteiger partial charge in [-0.05, 0) is 30.4 Å². The lowest BCUT2D eigenvalue weighted by molar-refractivity contribution is 0.0952. The lowest BCUT2D eigenvalue weighted by Crippen LogP contribution is -2.27. The number of pyridine rings is 1. The number of rotatable bonds is 5. The Kier molecular flexibility index (Phi) is 5.33. The highest BCUT2D eigenvalue weighted by molar-refractivity contribution is 5.98. The molecule has 0 bridgehead atoms. The number of amides is 1. The topological polar surface area (TPSA) is 45.2 Å². The maximum atomic E-state index is 12.1. The zero-order valence-electron chi connectivity index (χ0n) is 12.7. The van der Waals surface area contributed by atoms with Gasteiger partial charge in [0.1, 0.15) is 5.82 Å². The van der Waals surface area contributed by atoms with Gasteiger partial charge in [-0.25, -0.2) is 4.98 Å². The molecule has 1 aromatic heterocycles. The molecule has 0 aliphatic rings. The maximum Gasteiger partial charge on any atom is 0.255 e. The highest BCUT2D eigenvalue weighted by atomic mass is 16.1. The van der Waals surface area contributed by atoms with E-state index in [-0.39, 0.29) is 5.91 Å². The number of aromatic nitrogens is 1. The van der Waals surface area contributed by atoms with Crippen LogP contribution in [0.1, 0.15) is 44.0 Å². The van der Waals surface area contributed by atoms with Crippen LogP contribution in [0.3, 0.4) is 0 Å². The van der Waals surface area contributed by atoms with Gasteiger partial charge in [0.05, 0.1) is 5.56 Å². The highest BCUT2D eigenvalue weighted by Crippen LogP contribution is 2.20. The molecule has 0 spiro atoms. The second kappa shape index (κ2) is 6.55. The molecule has 0 atom stereocenters. The summed E-state index contributed by atoms with van der Waals surface area (Å²) in [5.41, 5.74) is 0.941. The van der Waals surface area contributed by atoms with Crippen molar-refractivity contribution in [2.24, 2.45) is 5.41 Å². The molecule has 1 heterocycles. The van der Waals surface area contributed by atoms with Crippen molar-refractivity contribution in [3.05, 3.63) is 23.9 Å². The first-order chi connectivity index (χ1) is 8.81. The molecule has 1 rings (SSSR count). The molecule has 4 heteroatoms.